The van der Waals surface area contributed by atoms with Crippen LogP contribution in [0.25, 0.3) is 64.4 Å². The molecule has 212 valence electrons. The van der Waals surface area contributed by atoms with Crippen LogP contribution in [-0.2, 0) is 0 Å². The predicted octanol–water partition coefficient (Wildman–Crippen LogP) is 12.8. The van der Waals surface area contributed by atoms with Crippen LogP contribution < -0.4 is 4.90 Å². The van der Waals surface area contributed by atoms with Crippen molar-refractivity contribution in [2.75, 3.05) is 4.90 Å². The van der Waals surface area contributed by atoms with Crippen LogP contribution >= 0.6 is 11.3 Å². The summed E-state index contributed by atoms with van der Waals surface area (Å²) in [6, 6.07) is 58.4. The van der Waals surface area contributed by atoms with Crippen LogP contribution in [0.1, 0.15) is 0 Å². The minimum absolute atomic E-state index is 0.880. The Morgan fingerprint density at radius 3 is 2.00 bits per heavy atom. The van der Waals surface area contributed by atoms with Crippen molar-refractivity contribution in [1.29, 1.82) is 0 Å². The number of benzene rings is 7. The van der Waals surface area contributed by atoms with Crippen LogP contribution in [0.15, 0.2) is 168 Å². The van der Waals surface area contributed by atoms with Gasteiger partial charge in [0.2, 0.25) is 0 Å². The summed E-state index contributed by atoms with van der Waals surface area (Å²) < 4.78 is 8.96. The van der Waals surface area contributed by atoms with Crippen molar-refractivity contribution in [3.63, 3.8) is 0 Å². The van der Waals surface area contributed by atoms with Gasteiger partial charge in [-0.3, -0.25) is 0 Å². The zero-order chi connectivity index (χ0) is 29.7. The highest BCUT2D eigenvalue weighted by Gasteiger charge is 2.20. The van der Waals surface area contributed by atoms with Gasteiger partial charge < -0.3 is 9.32 Å². The van der Waals surface area contributed by atoms with E-state index < -0.39 is 0 Å². The summed E-state index contributed by atoms with van der Waals surface area (Å²) in [5.74, 6) is 0. The molecule has 0 aliphatic heterocycles. The number of nitrogens with zero attached hydrogens (tertiary/aromatic N) is 1. The number of furan rings is 1. The maximum absolute atomic E-state index is 6.33. The molecule has 0 spiro atoms. The summed E-state index contributed by atoms with van der Waals surface area (Å²) in [4.78, 5) is 2.36. The molecule has 0 amide bonds. The molecular formula is C42H27NOS. The molecule has 0 fully saturated rings. The molecule has 45 heavy (non-hydrogen) atoms. The Morgan fingerprint density at radius 1 is 0.422 bits per heavy atom. The molecule has 0 unspecified atom stereocenters. The van der Waals surface area contributed by atoms with E-state index >= 15 is 0 Å². The van der Waals surface area contributed by atoms with Crippen LogP contribution in [-0.4, -0.2) is 0 Å². The third-order valence-corrected chi connectivity index (χ3v) is 9.81. The van der Waals surface area contributed by atoms with Crippen LogP contribution in [0.4, 0.5) is 17.1 Å². The number of fused-ring (bicyclic) bond motifs is 6. The molecule has 0 saturated carbocycles. The smallest absolute Gasteiger partial charge is 0.137 e. The molecule has 7 aromatic carbocycles. The van der Waals surface area contributed by atoms with Crippen molar-refractivity contribution in [2.24, 2.45) is 0 Å². The first-order chi connectivity index (χ1) is 22.3. The Morgan fingerprint density at radius 2 is 1.11 bits per heavy atom. The second-order valence-electron chi connectivity index (χ2n) is 11.3. The van der Waals surface area contributed by atoms with Crippen LogP contribution in [0.5, 0.6) is 0 Å². The third kappa shape index (κ3) is 4.32. The van der Waals surface area contributed by atoms with Crippen molar-refractivity contribution in [2.45, 2.75) is 0 Å². The van der Waals surface area contributed by atoms with Crippen molar-refractivity contribution in [1.82, 2.24) is 0 Å². The minimum atomic E-state index is 0.880. The van der Waals surface area contributed by atoms with Gasteiger partial charge in [0, 0.05) is 36.9 Å². The lowest BCUT2D eigenvalue weighted by Crippen LogP contribution is -2.10. The molecule has 9 aromatic rings. The first kappa shape index (κ1) is 25.8. The van der Waals surface area contributed by atoms with Gasteiger partial charge in [0.15, 0.2) is 0 Å². The SMILES string of the molecule is c1ccc(-c2cccc(N(c3ccc(-c4cccc5sc6ccccc6c45)cc3)c3cccc4oc5ccccc5c34)c2)cc1. The summed E-state index contributed by atoms with van der Waals surface area (Å²) >= 11 is 1.86. The number of hydrogen-bond acceptors (Lipinski definition) is 3. The van der Waals surface area contributed by atoms with Gasteiger partial charge in [0.1, 0.15) is 11.2 Å². The fraction of sp³-hybridized carbons (Fsp3) is 0. The molecule has 3 heteroatoms. The molecule has 0 saturated heterocycles. The average molecular weight is 594 g/mol. The van der Waals surface area contributed by atoms with E-state index in [0.717, 1.165) is 39.0 Å². The van der Waals surface area contributed by atoms with Gasteiger partial charge in [-0.15, -0.1) is 11.3 Å². The van der Waals surface area contributed by atoms with E-state index in [1.165, 1.54) is 42.4 Å². The lowest BCUT2D eigenvalue weighted by atomic mass is 9.99. The molecule has 0 radical (unpaired) electrons. The highest BCUT2D eigenvalue weighted by Crippen LogP contribution is 2.45. The van der Waals surface area contributed by atoms with E-state index in [-0.39, 0.29) is 0 Å². The molecule has 0 atom stereocenters. The Balaban J connectivity index is 1.24. The van der Waals surface area contributed by atoms with Gasteiger partial charge in [-0.1, -0.05) is 109 Å². The monoisotopic (exact) mass is 593 g/mol. The van der Waals surface area contributed by atoms with Gasteiger partial charge in [-0.25, -0.2) is 0 Å². The van der Waals surface area contributed by atoms with Gasteiger partial charge in [0.25, 0.3) is 0 Å². The molecular weight excluding hydrogens is 567 g/mol. The number of para-hydroxylation sites is 1. The molecule has 2 heterocycles. The Bertz CT molecular complexity index is 2490. The lowest BCUT2D eigenvalue weighted by molar-refractivity contribution is 0.669. The number of hydrogen-bond donors (Lipinski definition) is 0. The second kappa shape index (κ2) is 10.5. The number of thiophene rings is 1. The van der Waals surface area contributed by atoms with Crippen LogP contribution in [0, 0.1) is 0 Å². The van der Waals surface area contributed by atoms with Gasteiger partial charge in [-0.05, 0) is 76.9 Å². The summed E-state index contributed by atoms with van der Waals surface area (Å²) in [5.41, 5.74) is 9.87. The van der Waals surface area contributed by atoms with Crippen LogP contribution in [0.2, 0.25) is 0 Å². The zero-order valence-electron chi connectivity index (χ0n) is 24.4. The average Bonchev–Trinajstić information content (AvgIpc) is 3.68. The lowest BCUT2D eigenvalue weighted by Gasteiger charge is -2.27. The molecule has 0 bridgehead atoms. The van der Waals surface area contributed by atoms with Crippen molar-refractivity contribution >= 4 is 70.5 Å². The van der Waals surface area contributed by atoms with Crippen LogP contribution in [0.3, 0.4) is 0 Å². The van der Waals surface area contributed by atoms with E-state index in [1.54, 1.807) is 0 Å². The van der Waals surface area contributed by atoms with Crippen molar-refractivity contribution in [3.05, 3.63) is 164 Å². The fourth-order valence-corrected chi connectivity index (χ4v) is 7.76. The third-order valence-electron chi connectivity index (χ3n) is 8.67. The summed E-state index contributed by atoms with van der Waals surface area (Å²) in [5, 5.41) is 4.86. The second-order valence-corrected chi connectivity index (χ2v) is 12.4. The standard InChI is InChI=1S/C42H27NOS/c1-2-11-28(12-3-1)30-13-8-14-32(27-30)43(36-18-10-20-38-42(36)34-15-4-6-19-37(34)44-38)31-25-23-29(24-26-31)33-17-9-22-40-41(33)35-16-5-7-21-39(35)45-40/h1-27H. The molecule has 9 rings (SSSR count). The maximum Gasteiger partial charge on any atom is 0.137 e. The van der Waals surface area contributed by atoms with Gasteiger partial charge in [-0.2, -0.15) is 0 Å². The molecule has 0 aliphatic rings. The van der Waals surface area contributed by atoms with E-state index in [2.05, 4.69) is 157 Å². The van der Waals surface area contributed by atoms with Crippen molar-refractivity contribution < 1.29 is 4.42 Å². The highest BCUT2D eigenvalue weighted by molar-refractivity contribution is 7.25. The highest BCUT2D eigenvalue weighted by atomic mass is 32.1. The summed E-state index contributed by atoms with van der Waals surface area (Å²) in [6.45, 7) is 0. The number of rotatable bonds is 5. The van der Waals surface area contributed by atoms with Crippen molar-refractivity contribution in [3.8, 4) is 22.3 Å². The molecule has 2 nitrogen and oxygen atoms in total. The van der Waals surface area contributed by atoms with E-state index in [9.17, 15) is 0 Å². The van der Waals surface area contributed by atoms with Gasteiger partial charge >= 0.3 is 0 Å². The Kier molecular flexibility index (Phi) is 6.03. The first-order valence-corrected chi connectivity index (χ1v) is 16.0. The Labute approximate surface area is 265 Å². The topological polar surface area (TPSA) is 16.4 Å². The zero-order valence-corrected chi connectivity index (χ0v) is 25.2. The van der Waals surface area contributed by atoms with E-state index in [1.807, 2.05) is 23.5 Å². The summed E-state index contributed by atoms with van der Waals surface area (Å²) in [6.07, 6.45) is 0. The molecule has 0 aliphatic carbocycles. The van der Waals surface area contributed by atoms with E-state index in [4.69, 9.17) is 4.42 Å². The fourth-order valence-electron chi connectivity index (χ4n) is 6.63. The summed E-state index contributed by atoms with van der Waals surface area (Å²) in [7, 11) is 0. The molecule has 2 aromatic heterocycles. The quantitative estimate of drug-likeness (QED) is 0.197. The normalized spacial score (nSPS) is 11.6. The first-order valence-electron chi connectivity index (χ1n) is 15.2. The number of anilines is 3. The maximum atomic E-state index is 6.33. The van der Waals surface area contributed by atoms with Gasteiger partial charge in [0.05, 0.1) is 11.1 Å². The minimum Gasteiger partial charge on any atom is -0.456 e. The molecule has 0 N–H and O–H groups in total. The predicted molar refractivity (Wildman–Crippen MR) is 192 cm³/mol. The van der Waals surface area contributed by atoms with E-state index in [0.29, 0.717) is 0 Å². The Hall–Kier alpha value is -5.64. The largest absolute Gasteiger partial charge is 0.456 e.